The van der Waals surface area contributed by atoms with Crippen LogP contribution in [0.2, 0.25) is 0 Å². The molecule has 19 heteroatoms. The summed E-state index contributed by atoms with van der Waals surface area (Å²) in [7, 11) is -10.0. The second kappa shape index (κ2) is 83.4. The summed E-state index contributed by atoms with van der Waals surface area (Å²) in [6.45, 7) is 4.54. The number of aliphatic hydroxyl groups is 1. The number of esters is 4. The topological polar surface area (TPSA) is 237 Å². The number of rotatable bonds is 80. The first kappa shape index (κ1) is 106. The van der Waals surface area contributed by atoms with Crippen molar-refractivity contribution in [3.8, 4) is 0 Å². The van der Waals surface area contributed by atoms with Crippen LogP contribution in [0.3, 0.4) is 0 Å². The molecular weight excluding hydrogens is 1450 g/mol. The summed E-state index contributed by atoms with van der Waals surface area (Å²) in [5, 5.41) is 10.7. The van der Waals surface area contributed by atoms with E-state index >= 15 is 0 Å². The van der Waals surface area contributed by atoms with E-state index in [-0.39, 0.29) is 25.7 Å². The van der Waals surface area contributed by atoms with E-state index < -0.39 is 97.5 Å². The Hall–Kier alpha value is -5.58. The Bertz CT molecular complexity index is 2790. The number of aliphatic hydroxyl groups excluding tert-OH is 1. The normalized spacial score (nSPS) is 14.6. The average molecular weight is 1610 g/mol. The minimum atomic E-state index is -5.01. The standard InChI is InChI=1S/C93H154O17P2/c1-5-9-13-17-21-25-29-33-37-40-43-46-50-53-57-61-65-69-73-77-90(95)103-83-88(109-92(97)79-75-71-67-63-59-55-49-36-32-28-24-20-16-12-8-4)85-107-111(99,100)105-81-87(94)82-106-112(101,102)108-86-89(110-93(98)80-76-72-68-64-60-56-52-48-45-42-39-35-31-27-23-19-15-11-7-3)84-104-91(96)78-74-70-66-62-58-54-51-47-44-41-38-34-30-26-22-18-14-10-6-2/h10-11,14-15,21-23,25-27,33-39,43-49,54,56,58,60,87-89,94H,5-9,12-13,16-20,24,28-32,40-42,50-53,55,57,59,61-86H2,1-4H3,(H,99,100)(H,101,102)/b14-10-,15-11-,25-21-,26-22-,27-23-,37-33-,38-34-,39-35-,46-43-,47-44-,48-45-,49-36-,58-54-,60-56-. The zero-order chi connectivity index (χ0) is 81.7. The summed E-state index contributed by atoms with van der Waals surface area (Å²) >= 11 is 0. The molecule has 0 radical (unpaired) electrons. The van der Waals surface area contributed by atoms with Crippen molar-refractivity contribution in [2.24, 2.45) is 0 Å². The van der Waals surface area contributed by atoms with Gasteiger partial charge in [0.25, 0.3) is 0 Å². The van der Waals surface area contributed by atoms with Crippen LogP contribution in [0.1, 0.15) is 336 Å². The highest BCUT2D eigenvalue weighted by atomic mass is 31.2. The SMILES string of the molecule is CC/C=C\C/C=C\C/C=C\C/C=C\C/C=C\CCCCCC(=O)OCC(COP(=O)(O)OCC(O)COP(=O)(O)OCC(COC(=O)CCCCCCCC/C=C\C/C=C\C/C=C\CCCCC)OC(=O)CCCCCCC/C=C\CCCCCCCC)OC(=O)CCCCC/C=C\C/C=C\C/C=C\C/C=C\C/C=C\CC. The lowest BCUT2D eigenvalue weighted by Crippen LogP contribution is -2.30. The van der Waals surface area contributed by atoms with E-state index in [1.165, 1.54) is 57.8 Å². The van der Waals surface area contributed by atoms with E-state index in [9.17, 15) is 43.2 Å². The molecule has 0 fully saturated rings. The van der Waals surface area contributed by atoms with Crippen molar-refractivity contribution >= 4 is 39.5 Å². The van der Waals surface area contributed by atoms with Gasteiger partial charge in [-0.25, -0.2) is 9.13 Å². The average Bonchev–Trinajstić information content (AvgIpc) is 0.898. The Morgan fingerprint density at radius 2 is 0.464 bits per heavy atom. The Morgan fingerprint density at radius 3 is 0.750 bits per heavy atom. The molecule has 0 aliphatic carbocycles. The quantitative estimate of drug-likeness (QED) is 0.0169. The summed E-state index contributed by atoms with van der Waals surface area (Å²) in [4.78, 5) is 73.3. The summed E-state index contributed by atoms with van der Waals surface area (Å²) in [5.74, 6) is -2.27. The van der Waals surface area contributed by atoms with Crippen LogP contribution < -0.4 is 0 Å². The fraction of sp³-hybridized carbons (Fsp3) is 0.656. The Morgan fingerprint density at radius 1 is 0.259 bits per heavy atom. The Kier molecular flexibility index (Phi) is 79.2. The third-order valence-corrected chi connectivity index (χ3v) is 19.5. The number of carbonyl (C=O) groups excluding carboxylic acids is 4. The maximum absolute atomic E-state index is 13.2. The highest BCUT2D eigenvalue weighted by Crippen LogP contribution is 2.45. The van der Waals surface area contributed by atoms with E-state index in [0.29, 0.717) is 25.7 Å². The molecule has 0 aromatic carbocycles. The molecule has 5 unspecified atom stereocenters. The molecule has 0 bridgehead atoms. The van der Waals surface area contributed by atoms with Crippen molar-refractivity contribution in [1.82, 2.24) is 0 Å². The molecule has 3 N–H and O–H groups in total. The number of unbranched alkanes of at least 4 members (excludes halogenated alkanes) is 26. The lowest BCUT2D eigenvalue weighted by atomic mass is 10.1. The van der Waals surface area contributed by atoms with Crippen molar-refractivity contribution < 1.29 is 80.2 Å². The van der Waals surface area contributed by atoms with Crippen molar-refractivity contribution in [1.29, 1.82) is 0 Å². The number of allylic oxidation sites excluding steroid dienone is 28. The molecule has 0 amide bonds. The summed E-state index contributed by atoms with van der Waals surface area (Å²) in [6, 6.07) is 0. The summed E-state index contributed by atoms with van der Waals surface area (Å²) in [5.41, 5.74) is 0. The van der Waals surface area contributed by atoms with Gasteiger partial charge in [-0.15, -0.1) is 0 Å². The van der Waals surface area contributed by atoms with Gasteiger partial charge in [0.1, 0.15) is 19.3 Å². The molecule has 0 saturated heterocycles. The van der Waals surface area contributed by atoms with Crippen LogP contribution >= 0.6 is 15.6 Å². The molecule has 0 saturated carbocycles. The smallest absolute Gasteiger partial charge is 0.462 e. The summed E-state index contributed by atoms with van der Waals surface area (Å²) in [6.07, 6.45) is 100. The van der Waals surface area contributed by atoms with Crippen LogP contribution in [-0.4, -0.2) is 96.7 Å². The van der Waals surface area contributed by atoms with Gasteiger partial charge >= 0.3 is 39.5 Å². The zero-order valence-electron chi connectivity index (χ0n) is 70.0. The molecule has 0 rings (SSSR count). The van der Waals surface area contributed by atoms with Crippen molar-refractivity contribution in [3.05, 3.63) is 170 Å². The first-order chi connectivity index (χ1) is 54.7. The van der Waals surface area contributed by atoms with Gasteiger partial charge in [-0.3, -0.25) is 37.3 Å². The van der Waals surface area contributed by atoms with Gasteiger partial charge in [0.15, 0.2) is 12.2 Å². The van der Waals surface area contributed by atoms with Gasteiger partial charge in [0.05, 0.1) is 26.4 Å². The van der Waals surface area contributed by atoms with E-state index in [1.807, 2.05) is 0 Å². The minimum absolute atomic E-state index is 0.0416. The lowest BCUT2D eigenvalue weighted by molar-refractivity contribution is -0.161. The number of carbonyl (C=O) groups is 4. The third kappa shape index (κ3) is 82.4. The highest BCUT2D eigenvalue weighted by Gasteiger charge is 2.30. The molecule has 0 spiro atoms. The molecule has 5 atom stereocenters. The number of hydrogen-bond donors (Lipinski definition) is 3. The van der Waals surface area contributed by atoms with Crippen LogP contribution in [0.4, 0.5) is 0 Å². The van der Waals surface area contributed by atoms with E-state index in [2.05, 4.69) is 198 Å². The molecule has 112 heavy (non-hydrogen) atoms. The molecule has 0 aliphatic rings. The number of hydrogen-bond acceptors (Lipinski definition) is 15. The van der Waals surface area contributed by atoms with Gasteiger partial charge in [0, 0.05) is 25.7 Å². The van der Waals surface area contributed by atoms with Crippen molar-refractivity contribution in [2.75, 3.05) is 39.6 Å². The first-order valence-corrected chi connectivity index (χ1v) is 46.4. The van der Waals surface area contributed by atoms with Crippen LogP contribution in [0.5, 0.6) is 0 Å². The van der Waals surface area contributed by atoms with Gasteiger partial charge in [-0.2, -0.15) is 0 Å². The fourth-order valence-electron chi connectivity index (χ4n) is 11.1. The predicted octanol–water partition coefficient (Wildman–Crippen LogP) is 26.1. The minimum Gasteiger partial charge on any atom is -0.462 e. The maximum atomic E-state index is 13.2. The molecule has 0 aromatic heterocycles. The van der Waals surface area contributed by atoms with Gasteiger partial charge < -0.3 is 33.8 Å². The molecule has 0 aromatic rings. The molecule has 638 valence electrons. The maximum Gasteiger partial charge on any atom is 0.472 e. The van der Waals surface area contributed by atoms with Gasteiger partial charge in [-0.05, 0) is 180 Å². The summed E-state index contributed by atoms with van der Waals surface area (Å²) < 4.78 is 68.8. The largest absolute Gasteiger partial charge is 0.472 e. The number of ether oxygens (including phenoxy) is 4. The zero-order valence-corrected chi connectivity index (χ0v) is 71.8. The van der Waals surface area contributed by atoms with E-state index in [0.717, 1.165) is 199 Å². The highest BCUT2D eigenvalue weighted by molar-refractivity contribution is 7.47. The van der Waals surface area contributed by atoms with E-state index in [4.69, 9.17) is 37.0 Å². The van der Waals surface area contributed by atoms with Crippen molar-refractivity contribution in [3.63, 3.8) is 0 Å². The van der Waals surface area contributed by atoms with Crippen molar-refractivity contribution in [2.45, 2.75) is 354 Å². The van der Waals surface area contributed by atoms with Crippen LogP contribution in [0, 0.1) is 0 Å². The molecule has 0 heterocycles. The van der Waals surface area contributed by atoms with E-state index in [1.54, 1.807) is 0 Å². The second-order valence-corrected chi connectivity index (χ2v) is 31.3. The second-order valence-electron chi connectivity index (χ2n) is 28.4. The number of phosphoric acid groups is 2. The molecule has 0 aliphatic heterocycles. The fourth-order valence-corrected chi connectivity index (χ4v) is 12.7. The Balaban J connectivity index is 5.48. The van der Waals surface area contributed by atoms with Gasteiger partial charge in [-0.1, -0.05) is 301 Å². The Labute approximate surface area is 680 Å². The monoisotopic (exact) mass is 1610 g/mol. The lowest BCUT2D eigenvalue weighted by Gasteiger charge is -2.21. The molecule has 17 nitrogen and oxygen atoms in total. The van der Waals surface area contributed by atoms with Crippen LogP contribution in [-0.2, 0) is 65.4 Å². The first-order valence-electron chi connectivity index (χ1n) is 43.4. The van der Waals surface area contributed by atoms with Crippen LogP contribution in [0.25, 0.3) is 0 Å². The van der Waals surface area contributed by atoms with Crippen LogP contribution in [0.15, 0.2) is 170 Å². The predicted molar refractivity (Wildman–Crippen MR) is 463 cm³/mol. The number of phosphoric ester groups is 2. The molecular formula is C93H154O17P2. The van der Waals surface area contributed by atoms with Gasteiger partial charge in [0.2, 0.25) is 0 Å². The third-order valence-electron chi connectivity index (χ3n) is 17.6.